The minimum absolute atomic E-state index is 0.0223. The monoisotopic (exact) mass is 294 g/mol. The van der Waals surface area contributed by atoms with Crippen molar-refractivity contribution in [2.75, 3.05) is 0 Å². The van der Waals surface area contributed by atoms with E-state index in [9.17, 15) is 10.2 Å². The zero-order valence-electron chi connectivity index (χ0n) is 9.48. The maximum absolute atomic E-state index is 9.80. The Morgan fingerprint density at radius 2 is 1.74 bits per heavy atom. The van der Waals surface area contributed by atoms with E-state index in [4.69, 9.17) is 23.2 Å². The zero-order valence-corrected chi connectivity index (χ0v) is 11.0. The number of benzene rings is 2. The molecule has 0 unspecified atom stereocenters. The number of imidazole rings is 1. The third-order valence-electron chi connectivity index (χ3n) is 2.76. The number of hydrogen-bond donors (Lipinski definition) is 3. The highest BCUT2D eigenvalue weighted by atomic mass is 35.5. The molecule has 3 rings (SSSR count). The highest BCUT2D eigenvalue weighted by molar-refractivity contribution is 6.42. The molecule has 1 heterocycles. The summed E-state index contributed by atoms with van der Waals surface area (Å²) in [5.41, 5.74) is 1.74. The van der Waals surface area contributed by atoms with Gasteiger partial charge >= 0.3 is 0 Å². The highest BCUT2D eigenvalue weighted by Crippen LogP contribution is 2.33. The minimum Gasteiger partial charge on any atom is -0.508 e. The summed E-state index contributed by atoms with van der Waals surface area (Å²) >= 11 is 11.9. The maximum atomic E-state index is 9.80. The van der Waals surface area contributed by atoms with E-state index >= 15 is 0 Å². The van der Waals surface area contributed by atoms with E-state index in [1.807, 2.05) is 0 Å². The molecule has 0 aliphatic carbocycles. The molecular formula is C13H8Cl2N2O2. The fourth-order valence-electron chi connectivity index (χ4n) is 1.85. The summed E-state index contributed by atoms with van der Waals surface area (Å²) < 4.78 is 0. The van der Waals surface area contributed by atoms with Crippen molar-refractivity contribution in [3.8, 4) is 22.9 Å². The van der Waals surface area contributed by atoms with Gasteiger partial charge in [0, 0.05) is 0 Å². The van der Waals surface area contributed by atoms with Gasteiger partial charge < -0.3 is 15.2 Å². The topological polar surface area (TPSA) is 69.1 Å². The number of phenolic OH excluding ortho intramolecular Hbond substituents is 2. The second-order valence-corrected chi connectivity index (χ2v) is 4.88. The van der Waals surface area contributed by atoms with E-state index in [1.165, 1.54) is 18.2 Å². The number of rotatable bonds is 1. The Balaban J connectivity index is 2.23. The van der Waals surface area contributed by atoms with Gasteiger partial charge in [0.2, 0.25) is 0 Å². The highest BCUT2D eigenvalue weighted by Gasteiger charge is 2.12. The second-order valence-electron chi connectivity index (χ2n) is 4.07. The van der Waals surface area contributed by atoms with Gasteiger partial charge in [-0.25, -0.2) is 4.98 Å². The van der Waals surface area contributed by atoms with E-state index in [0.29, 0.717) is 32.5 Å². The Labute approximate surface area is 118 Å². The van der Waals surface area contributed by atoms with Crippen LogP contribution in [0.1, 0.15) is 0 Å². The van der Waals surface area contributed by atoms with Crippen LogP contribution in [0.25, 0.3) is 22.4 Å². The summed E-state index contributed by atoms with van der Waals surface area (Å²) in [4.78, 5) is 7.34. The maximum Gasteiger partial charge on any atom is 0.142 e. The van der Waals surface area contributed by atoms with E-state index in [0.717, 1.165) is 0 Å². The summed E-state index contributed by atoms with van der Waals surface area (Å²) in [5.74, 6) is 0.500. The quantitative estimate of drug-likeness (QED) is 0.595. The third-order valence-corrected chi connectivity index (χ3v) is 3.48. The van der Waals surface area contributed by atoms with Crippen LogP contribution in [-0.2, 0) is 0 Å². The average Bonchev–Trinajstić information content (AvgIpc) is 2.75. The number of hydrogen-bond acceptors (Lipinski definition) is 3. The average molecular weight is 295 g/mol. The van der Waals surface area contributed by atoms with E-state index in [1.54, 1.807) is 12.1 Å². The number of fused-ring (bicyclic) bond motifs is 1. The standard InChI is InChI=1S/C13H8Cl2N2O2/c14-8-4-10-11(5-9(8)15)17-13(16-10)7-3-6(18)1-2-12(7)19/h1-5,18-19H,(H,16,17). The van der Waals surface area contributed by atoms with Crippen molar-refractivity contribution >= 4 is 34.2 Å². The van der Waals surface area contributed by atoms with Gasteiger partial charge in [0.25, 0.3) is 0 Å². The number of aromatic hydroxyl groups is 2. The second kappa shape index (κ2) is 4.33. The van der Waals surface area contributed by atoms with Crippen LogP contribution in [0.5, 0.6) is 11.5 Å². The normalized spacial score (nSPS) is 11.1. The summed E-state index contributed by atoms with van der Waals surface area (Å²) in [6, 6.07) is 7.53. The van der Waals surface area contributed by atoms with Crippen molar-refractivity contribution in [3.63, 3.8) is 0 Å². The van der Waals surface area contributed by atoms with Crippen LogP contribution >= 0.6 is 23.2 Å². The SMILES string of the molecule is Oc1ccc(O)c(-c2nc3cc(Cl)c(Cl)cc3[nH]2)c1. The molecule has 0 saturated heterocycles. The van der Waals surface area contributed by atoms with Crippen LogP contribution in [0.15, 0.2) is 30.3 Å². The predicted octanol–water partition coefficient (Wildman–Crippen LogP) is 3.95. The molecule has 1 aromatic heterocycles. The number of phenols is 2. The van der Waals surface area contributed by atoms with Gasteiger partial charge in [-0.15, -0.1) is 0 Å². The van der Waals surface area contributed by atoms with Gasteiger partial charge in [0.1, 0.15) is 17.3 Å². The zero-order chi connectivity index (χ0) is 13.6. The van der Waals surface area contributed by atoms with Crippen LogP contribution in [0.3, 0.4) is 0 Å². The molecule has 0 aliphatic rings. The molecule has 0 spiro atoms. The molecule has 19 heavy (non-hydrogen) atoms. The summed E-state index contributed by atoms with van der Waals surface area (Å²) in [7, 11) is 0. The molecular weight excluding hydrogens is 287 g/mol. The number of nitrogens with zero attached hydrogens (tertiary/aromatic N) is 1. The van der Waals surface area contributed by atoms with Crippen molar-refractivity contribution in [2.45, 2.75) is 0 Å². The van der Waals surface area contributed by atoms with Gasteiger partial charge in [0.15, 0.2) is 0 Å². The van der Waals surface area contributed by atoms with Crippen LogP contribution in [-0.4, -0.2) is 20.2 Å². The van der Waals surface area contributed by atoms with Crippen LogP contribution in [0, 0.1) is 0 Å². The lowest BCUT2D eigenvalue weighted by Gasteiger charge is -2.01. The van der Waals surface area contributed by atoms with Crippen LogP contribution < -0.4 is 0 Å². The number of aromatic amines is 1. The fourth-order valence-corrected chi connectivity index (χ4v) is 2.17. The molecule has 0 radical (unpaired) electrons. The Kier molecular flexibility index (Phi) is 2.77. The van der Waals surface area contributed by atoms with Crippen molar-refractivity contribution < 1.29 is 10.2 Å². The molecule has 0 amide bonds. The lowest BCUT2D eigenvalue weighted by atomic mass is 10.2. The largest absolute Gasteiger partial charge is 0.508 e. The first kappa shape index (κ1) is 12.1. The molecule has 0 bridgehead atoms. The smallest absolute Gasteiger partial charge is 0.142 e. The van der Waals surface area contributed by atoms with Crippen molar-refractivity contribution in [1.82, 2.24) is 9.97 Å². The first-order valence-electron chi connectivity index (χ1n) is 5.42. The van der Waals surface area contributed by atoms with Crippen molar-refractivity contribution in [3.05, 3.63) is 40.4 Å². The third kappa shape index (κ3) is 2.09. The molecule has 0 aliphatic heterocycles. The summed E-state index contributed by atoms with van der Waals surface area (Å²) in [6.07, 6.45) is 0. The first-order chi connectivity index (χ1) is 9.04. The summed E-state index contributed by atoms with van der Waals surface area (Å²) in [6.45, 7) is 0. The predicted molar refractivity (Wildman–Crippen MR) is 74.9 cm³/mol. The van der Waals surface area contributed by atoms with Crippen LogP contribution in [0.4, 0.5) is 0 Å². The first-order valence-corrected chi connectivity index (χ1v) is 6.17. The number of nitrogens with one attached hydrogen (secondary N) is 1. The molecule has 0 atom stereocenters. The van der Waals surface area contributed by atoms with Crippen LogP contribution in [0.2, 0.25) is 10.0 Å². The molecule has 4 nitrogen and oxygen atoms in total. The minimum atomic E-state index is 0.0223. The van der Waals surface area contributed by atoms with Gasteiger partial charge in [-0.05, 0) is 30.3 Å². The van der Waals surface area contributed by atoms with Gasteiger partial charge in [-0.3, -0.25) is 0 Å². The van der Waals surface area contributed by atoms with E-state index in [-0.39, 0.29) is 11.5 Å². The molecule has 0 fully saturated rings. The van der Waals surface area contributed by atoms with Gasteiger partial charge in [-0.1, -0.05) is 23.2 Å². The molecule has 96 valence electrons. The lowest BCUT2D eigenvalue weighted by Crippen LogP contribution is -1.81. The number of aromatic nitrogens is 2. The molecule has 3 aromatic rings. The fraction of sp³-hybridized carbons (Fsp3) is 0. The van der Waals surface area contributed by atoms with E-state index in [2.05, 4.69) is 9.97 Å². The Hall–Kier alpha value is -1.91. The van der Waals surface area contributed by atoms with E-state index < -0.39 is 0 Å². The summed E-state index contributed by atoms with van der Waals surface area (Å²) in [5, 5.41) is 20.1. The Bertz CT molecular complexity index is 745. The number of H-pyrrole nitrogens is 1. The molecule has 0 saturated carbocycles. The van der Waals surface area contributed by atoms with Crippen molar-refractivity contribution in [1.29, 1.82) is 0 Å². The Morgan fingerprint density at radius 1 is 1.00 bits per heavy atom. The lowest BCUT2D eigenvalue weighted by molar-refractivity contribution is 0.461. The Morgan fingerprint density at radius 3 is 2.53 bits per heavy atom. The number of halogens is 2. The molecule has 6 heteroatoms. The van der Waals surface area contributed by atoms with Gasteiger partial charge in [-0.2, -0.15) is 0 Å². The van der Waals surface area contributed by atoms with Gasteiger partial charge in [0.05, 0.1) is 26.6 Å². The molecule has 2 aromatic carbocycles. The molecule has 3 N–H and O–H groups in total. The van der Waals surface area contributed by atoms with Crippen molar-refractivity contribution in [2.24, 2.45) is 0 Å².